The zero-order valence-electron chi connectivity index (χ0n) is 12.5. The van der Waals surface area contributed by atoms with Crippen LogP contribution in [0.5, 0.6) is 0 Å². The standard InChI is InChI=1S/C16H17N5O/c1-12-15(11-20(2)19-12)18-16(22)14-6-3-5-13(9-14)10-21-8-4-7-17-21/h3-9,11H,10H2,1-2H3,(H,18,22). The SMILES string of the molecule is Cc1nn(C)cc1NC(=O)c1cccc(Cn2cccn2)c1. The molecule has 0 atom stereocenters. The van der Waals surface area contributed by atoms with Crippen molar-refractivity contribution in [2.24, 2.45) is 7.05 Å². The number of nitrogens with zero attached hydrogens (tertiary/aromatic N) is 4. The van der Waals surface area contributed by atoms with Gasteiger partial charge in [-0.3, -0.25) is 14.2 Å². The molecule has 1 amide bonds. The number of anilines is 1. The minimum Gasteiger partial charge on any atom is -0.319 e. The van der Waals surface area contributed by atoms with E-state index >= 15 is 0 Å². The Labute approximate surface area is 128 Å². The highest BCUT2D eigenvalue weighted by molar-refractivity contribution is 6.04. The first-order valence-electron chi connectivity index (χ1n) is 7.00. The summed E-state index contributed by atoms with van der Waals surface area (Å²) in [6, 6.07) is 9.41. The molecule has 1 N–H and O–H groups in total. The fraction of sp³-hybridized carbons (Fsp3) is 0.188. The van der Waals surface area contributed by atoms with Crippen LogP contribution in [0.25, 0.3) is 0 Å². The molecule has 1 aromatic carbocycles. The Balaban J connectivity index is 1.76. The van der Waals surface area contributed by atoms with Crippen molar-refractivity contribution in [3.8, 4) is 0 Å². The molecule has 3 rings (SSSR count). The molecule has 0 spiro atoms. The Morgan fingerprint density at radius 1 is 1.32 bits per heavy atom. The van der Waals surface area contributed by atoms with Crippen molar-refractivity contribution in [1.29, 1.82) is 0 Å². The molecule has 0 fully saturated rings. The van der Waals surface area contributed by atoms with Gasteiger partial charge in [-0.05, 0) is 30.7 Å². The number of aromatic nitrogens is 4. The predicted octanol–water partition coefficient (Wildman–Crippen LogP) is 2.23. The maximum absolute atomic E-state index is 12.4. The lowest BCUT2D eigenvalue weighted by molar-refractivity contribution is 0.102. The van der Waals surface area contributed by atoms with Crippen molar-refractivity contribution >= 4 is 11.6 Å². The number of hydrogen-bond donors (Lipinski definition) is 1. The Morgan fingerprint density at radius 2 is 2.18 bits per heavy atom. The fourth-order valence-electron chi connectivity index (χ4n) is 2.31. The van der Waals surface area contributed by atoms with Gasteiger partial charge in [-0.25, -0.2) is 0 Å². The number of nitrogens with one attached hydrogen (secondary N) is 1. The maximum Gasteiger partial charge on any atom is 0.255 e. The van der Waals surface area contributed by atoms with Crippen LogP contribution in [0.2, 0.25) is 0 Å². The lowest BCUT2D eigenvalue weighted by Crippen LogP contribution is -2.13. The van der Waals surface area contributed by atoms with Crippen LogP contribution in [-0.4, -0.2) is 25.5 Å². The first kappa shape index (κ1) is 14.1. The molecule has 0 unspecified atom stereocenters. The maximum atomic E-state index is 12.4. The monoisotopic (exact) mass is 295 g/mol. The fourth-order valence-corrected chi connectivity index (χ4v) is 2.31. The largest absolute Gasteiger partial charge is 0.319 e. The second kappa shape index (κ2) is 5.85. The molecule has 112 valence electrons. The van der Waals surface area contributed by atoms with Crippen LogP contribution in [-0.2, 0) is 13.6 Å². The van der Waals surface area contributed by atoms with Crippen LogP contribution in [0.15, 0.2) is 48.9 Å². The van der Waals surface area contributed by atoms with Gasteiger partial charge in [0, 0.05) is 31.2 Å². The van der Waals surface area contributed by atoms with Crippen molar-refractivity contribution in [3.63, 3.8) is 0 Å². The van der Waals surface area contributed by atoms with E-state index in [4.69, 9.17) is 0 Å². The minimum atomic E-state index is -0.140. The van der Waals surface area contributed by atoms with E-state index in [-0.39, 0.29) is 5.91 Å². The first-order valence-corrected chi connectivity index (χ1v) is 7.00. The van der Waals surface area contributed by atoms with Gasteiger partial charge < -0.3 is 5.32 Å². The number of amides is 1. The van der Waals surface area contributed by atoms with E-state index in [0.29, 0.717) is 12.1 Å². The molecule has 0 aliphatic carbocycles. The molecule has 0 aliphatic rings. The third-order valence-corrected chi connectivity index (χ3v) is 3.35. The molecular formula is C16H17N5O. The third kappa shape index (κ3) is 3.06. The molecule has 3 aromatic rings. The molecular weight excluding hydrogens is 278 g/mol. The van der Waals surface area contributed by atoms with Gasteiger partial charge in [-0.1, -0.05) is 12.1 Å². The predicted molar refractivity (Wildman–Crippen MR) is 83.7 cm³/mol. The normalized spacial score (nSPS) is 10.6. The van der Waals surface area contributed by atoms with E-state index in [0.717, 1.165) is 16.9 Å². The Bertz CT molecular complexity index is 789. The summed E-state index contributed by atoms with van der Waals surface area (Å²) >= 11 is 0. The van der Waals surface area contributed by atoms with Crippen LogP contribution < -0.4 is 5.32 Å². The van der Waals surface area contributed by atoms with Crippen molar-refractivity contribution in [2.75, 3.05) is 5.32 Å². The van der Waals surface area contributed by atoms with Crippen LogP contribution in [0.3, 0.4) is 0 Å². The summed E-state index contributed by atoms with van der Waals surface area (Å²) in [5.74, 6) is -0.140. The van der Waals surface area contributed by atoms with E-state index in [1.54, 1.807) is 23.1 Å². The lowest BCUT2D eigenvalue weighted by atomic mass is 10.1. The van der Waals surface area contributed by atoms with Gasteiger partial charge in [0.15, 0.2) is 0 Å². The average Bonchev–Trinajstić information content (AvgIpc) is 3.09. The molecule has 2 heterocycles. The Hall–Kier alpha value is -2.89. The van der Waals surface area contributed by atoms with Crippen molar-refractivity contribution in [3.05, 3.63) is 65.7 Å². The molecule has 0 aliphatic heterocycles. The van der Waals surface area contributed by atoms with Gasteiger partial charge >= 0.3 is 0 Å². The summed E-state index contributed by atoms with van der Waals surface area (Å²) in [7, 11) is 1.83. The highest BCUT2D eigenvalue weighted by Crippen LogP contribution is 2.14. The summed E-state index contributed by atoms with van der Waals surface area (Å²) in [5, 5.41) is 11.3. The molecule has 0 saturated carbocycles. The Kier molecular flexibility index (Phi) is 3.74. The minimum absolute atomic E-state index is 0.140. The average molecular weight is 295 g/mol. The van der Waals surface area contributed by atoms with Crippen molar-refractivity contribution in [2.45, 2.75) is 13.5 Å². The third-order valence-electron chi connectivity index (χ3n) is 3.35. The molecule has 2 aromatic heterocycles. The van der Waals surface area contributed by atoms with E-state index in [9.17, 15) is 4.79 Å². The van der Waals surface area contributed by atoms with Gasteiger partial charge in [0.25, 0.3) is 5.91 Å². The highest BCUT2D eigenvalue weighted by atomic mass is 16.1. The van der Waals surface area contributed by atoms with E-state index in [2.05, 4.69) is 15.5 Å². The van der Waals surface area contributed by atoms with Crippen molar-refractivity contribution in [1.82, 2.24) is 19.6 Å². The van der Waals surface area contributed by atoms with Crippen LogP contribution in [0.4, 0.5) is 5.69 Å². The van der Waals surface area contributed by atoms with Crippen LogP contribution in [0, 0.1) is 6.92 Å². The van der Waals surface area contributed by atoms with E-state index in [1.165, 1.54) is 0 Å². The second-order valence-corrected chi connectivity index (χ2v) is 5.16. The zero-order valence-corrected chi connectivity index (χ0v) is 12.5. The number of benzene rings is 1. The first-order chi connectivity index (χ1) is 10.6. The summed E-state index contributed by atoms with van der Waals surface area (Å²) in [4.78, 5) is 12.4. The number of rotatable bonds is 4. The number of carbonyl (C=O) groups excluding carboxylic acids is 1. The second-order valence-electron chi connectivity index (χ2n) is 5.16. The number of hydrogen-bond acceptors (Lipinski definition) is 3. The lowest BCUT2D eigenvalue weighted by Gasteiger charge is -2.06. The van der Waals surface area contributed by atoms with Crippen LogP contribution in [0.1, 0.15) is 21.6 Å². The quantitative estimate of drug-likeness (QED) is 0.802. The van der Waals surface area contributed by atoms with Gasteiger partial charge in [-0.15, -0.1) is 0 Å². The smallest absolute Gasteiger partial charge is 0.255 e. The molecule has 22 heavy (non-hydrogen) atoms. The van der Waals surface area contributed by atoms with Gasteiger partial charge in [0.2, 0.25) is 0 Å². The van der Waals surface area contributed by atoms with Gasteiger partial charge in [0.05, 0.1) is 17.9 Å². The number of aryl methyl sites for hydroxylation is 2. The van der Waals surface area contributed by atoms with Crippen LogP contribution >= 0.6 is 0 Å². The molecule has 6 nitrogen and oxygen atoms in total. The van der Waals surface area contributed by atoms with E-state index < -0.39 is 0 Å². The highest BCUT2D eigenvalue weighted by Gasteiger charge is 2.10. The Morgan fingerprint density at radius 3 is 2.86 bits per heavy atom. The van der Waals surface area contributed by atoms with Crippen molar-refractivity contribution < 1.29 is 4.79 Å². The summed E-state index contributed by atoms with van der Waals surface area (Å²) in [6.07, 6.45) is 5.42. The zero-order chi connectivity index (χ0) is 15.5. The molecule has 0 bridgehead atoms. The summed E-state index contributed by atoms with van der Waals surface area (Å²) < 4.78 is 3.50. The topological polar surface area (TPSA) is 64.7 Å². The van der Waals surface area contributed by atoms with E-state index in [1.807, 2.05) is 49.1 Å². The molecule has 0 saturated heterocycles. The molecule has 0 radical (unpaired) electrons. The molecule has 6 heteroatoms. The summed E-state index contributed by atoms with van der Waals surface area (Å²) in [5.41, 5.74) is 3.17. The summed E-state index contributed by atoms with van der Waals surface area (Å²) in [6.45, 7) is 2.50. The number of carbonyl (C=O) groups is 1. The van der Waals surface area contributed by atoms with Gasteiger partial charge in [0.1, 0.15) is 0 Å². The van der Waals surface area contributed by atoms with Gasteiger partial charge in [-0.2, -0.15) is 10.2 Å².